The smallest absolute Gasteiger partial charge is 0.123 e. The first-order valence-corrected chi connectivity index (χ1v) is 3.47. The Balaban J connectivity index is 2.82. The largest absolute Gasteiger partial charge is 0.467 e. The van der Waals surface area contributed by atoms with E-state index in [1.165, 1.54) is 5.56 Å². The third kappa shape index (κ3) is 1.21. The van der Waals surface area contributed by atoms with E-state index < -0.39 is 0 Å². The Morgan fingerprint density at radius 3 is 2.70 bits per heavy atom. The molecule has 0 saturated carbocycles. The summed E-state index contributed by atoms with van der Waals surface area (Å²) in [6.45, 7) is 4.12. The van der Waals surface area contributed by atoms with Crippen LogP contribution in [-0.4, -0.2) is 7.05 Å². The molecule has 2 nitrogen and oxygen atoms in total. The van der Waals surface area contributed by atoms with Gasteiger partial charge in [-0.3, -0.25) is 0 Å². The molecule has 0 amide bonds. The molecule has 0 fully saturated rings. The summed E-state index contributed by atoms with van der Waals surface area (Å²) in [5.41, 5.74) is 1.21. The quantitative estimate of drug-likeness (QED) is 0.676. The number of hydrogen-bond acceptors (Lipinski definition) is 2. The van der Waals surface area contributed by atoms with Crippen molar-refractivity contribution in [1.82, 2.24) is 5.32 Å². The number of furan rings is 1. The van der Waals surface area contributed by atoms with E-state index in [0.717, 1.165) is 5.76 Å². The van der Waals surface area contributed by atoms with Crippen LogP contribution in [0.3, 0.4) is 0 Å². The van der Waals surface area contributed by atoms with Gasteiger partial charge in [-0.15, -0.1) is 0 Å². The average molecular weight is 139 g/mol. The van der Waals surface area contributed by atoms with Gasteiger partial charge in [0, 0.05) is 0 Å². The van der Waals surface area contributed by atoms with E-state index in [1.807, 2.05) is 20.0 Å². The van der Waals surface area contributed by atoms with Crippen molar-refractivity contribution in [3.8, 4) is 0 Å². The summed E-state index contributed by atoms with van der Waals surface area (Å²) in [7, 11) is 1.92. The van der Waals surface area contributed by atoms with Crippen molar-refractivity contribution in [2.24, 2.45) is 0 Å². The fourth-order valence-corrected chi connectivity index (χ4v) is 0.959. The highest BCUT2D eigenvalue weighted by molar-refractivity contribution is 5.17. The maximum absolute atomic E-state index is 5.25. The number of hydrogen-bond donors (Lipinski definition) is 1. The molecule has 0 aliphatic heterocycles. The lowest BCUT2D eigenvalue weighted by atomic mass is 10.2. The molecule has 56 valence electrons. The standard InChI is InChI=1S/C8H13NO/c1-6-4-5-10-8(6)7(2)9-3/h4-5,7,9H,1-3H3. The minimum absolute atomic E-state index is 0.315. The second kappa shape index (κ2) is 2.88. The van der Waals surface area contributed by atoms with E-state index in [2.05, 4.69) is 12.2 Å². The Hall–Kier alpha value is -0.760. The van der Waals surface area contributed by atoms with E-state index in [0.29, 0.717) is 6.04 Å². The van der Waals surface area contributed by atoms with Crippen LogP contribution < -0.4 is 5.32 Å². The molecule has 1 atom stereocenters. The van der Waals surface area contributed by atoms with Gasteiger partial charge >= 0.3 is 0 Å². The molecule has 0 spiro atoms. The lowest BCUT2D eigenvalue weighted by molar-refractivity contribution is 0.446. The zero-order valence-electron chi connectivity index (χ0n) is 6.64. The molecule has 10 heavy (non-hydrogen) atoms. The van der Waals surface area contributed by atoms with E-state index in [9.17, 15) is 0 Å². The predicted molar refractivity (Wildman–Crippen MR) is 40.9 cm³/mol. The minimum atomic E-state index is 0.315. The summed E-state index contributed by atoms with van der Waals surface area (Å²) in [4.78, 5) is 0. The first-order valence-electron chi connectivity index (χ1n) is 3.47. The van der Waals surface area contributed by atoms with Gasteiger partial charge in [0.15, 0.2) is 0 Å². The molecule has 0 bridgehead atoms. The lowest BCUT2D eigenvalue weighted by Crippen LogP contribution is -2.12. The number of rotatable bonds is 2. The van der Waals surface area contributed by atoms with Crippen LogP contribution in [0.2, 0.25) is 0 Å². The van der Waals surface area contributed by atoms with E-state index >= 15 is 0 Å². The molecule has 1 unspecified atom stereocenters. The van der Waals surface area contributed by atoms with Crippen molar-refractivity contribution in [1.29, 1.82) is 0 Å². The third-order valence-electron chi connectivity index (χ3n) is 1.73. The molecule has 1 rings (SSSR count). The molecule has 0 radical (unpaired) electrons. The lowest BCUT2D eigenvalue weighted by Gasteiger charge is -2.06. The molecule has 0 saturated heterocycles. The van der Waals surface area contributed by atoms with E-state index in [4.69, 9.17) is 4.42 Å². The Kier molecular flexibility index (Phi) is 2.12. The van der Waals surface area contributed by atoms with Crippen molar-refractivity contribution in [2.75, 3.05) is 7.05 Å². The average Bonchev–Trinajstić information content (AvgIpc) is 2.34. The number of aryl methyl sites for hydroxylation is 1. The van der Waals surface area contributed by atoms with Crippen LogP contribution in [0.25, 0.3) is 0 Å². The van der Waals surface area contributed by atoms with Gasteiger partial charge in [0.05, 0.1) is 12.3 Å². The normalized spacial score (nSPS) is 13.5. The van der Waals surface area contributed by atoms with Gasteiger partial charge < -0.3 is 9.73 Å². The Labute approximate surface area is 61.2 Å². The van der Waals surface area contributed by atoms with Crippen LogP contribution in [0.5, 0.6) is 0 Å². The molecular weight excluding hydrogens is 126 g/mol. The zero-order valence-corrected chi connectivity index (χ0v) is 6.64. The second-order valence-corrected chi connectivity index (χ2v) is 2.48. The SMILES string of the molecule is CNC(C)c1occc1C. The van der Waals surface area contributed by atoms with Crippen LogP contribution >= 0.6 is 0 Å². The maximum Gasteiger partial charge on any atom is 0.123 e. The summed E-state index contributed by atoms with van der Waals surface area (Å²) >= 11 is 0. The zero-order chi connectivity index (χ0) is 7.56. The van der Waals surface area contributed by atoms with Crippen molar-refractivity contribution in [3.63, 3.8) is 0 Å². The first-order chi connectivity index (χ1) is 4.75. The molecule has 1 heterocycles. The van der Waals surface area contributed by atoms with Crippen molar-refractivity contribution in [3.05, 3.63) is 23.7 Å². The molecule has 1 N–H and O–H groups in total. The molecule has 0 aromatic carbocycles. The van der Waals surface area contributed by atoms with Crippen LogP contribution in [0.4, 0.5) is 0 Å². The molecular formula is C8H13NO. The van der Waals surface area contributed by atoms with Crippen molar-refractivity contribution >= 4 is 0 Å². The summed E-state index contributed by atoms with van der Waals surface area (Å²) in [5.74, 6) is 1.03. The Morgan fingerprint density at radius 1 is 1.60 bits per heavy atom. The van der Waals surface area contributed by atoms with Gasteiger partial charge in [-0.2, -0.15) is 0 Å². The third-order valence-corrected chi connectivity index (χ3v) is 1.73. The molecule has 0 aliphatic rings. The number of nitrogens with one attached hydrogen (secondary N) is 1. The van der Waals surface area contributed by atoms with Crippen LogP contribution in [0, 0.1) is 6.92 Å². The Bertz CT molecular complexity index is 205. The minimum Gasteiger partial charge on any atom is -0.467 e. The highest BCUT2D eigenvalue weighted by Crippen LogP contribution is 2.16. The van der Waals surface area contributed by atoms with Crippen molar-refractivity contribution in [2.45, 2.75) is 19.9 Å². The van der Waals surface area contributed by atoms with Gasteiger partial charge in [0.25, 0.3) is 0 Å². The van der Waals surface area contributed by atoms with Gasteiger partial charge in [0.2, 0.25) is 0 Å². The molecule has 1 aromatic rings. The Morgan fingerprint density at radius 2 is 2.30 bits per heavy atom. The highest BCUT2D eigenvalue weighted by Gasteiger charge is 2.07. The first kappa shape index (κ1) is 7.35. The van der Waals surface area contributed by atoms with E-state index in [-0.39, 0.29) is 0 Å². The summed E-state index contributed by atoms with van der Waals surface area (Å²) in [6.07, 6.45) is 1.72. The molecule has 0 aliphatic carbocycles. The van der Waals surface area contributed by atoms with Crippen LogP contribution in [0.1, 0.15) is 24.3 Å². The predicted octanol–water partition coefficient (Wildman–Crippen LogP) is 1.87. The monoisotopic (exact) mass is 139 g/mol. The van der Waals surface area contributed by atoms with Gasteiger partial charge in [-0.25, -0.2) is 0 Å². The molecule has 2 heteroatoms. The van der Waals surface area contributed by atoms with Gasteiger partial charge in [-0.1, -0.05) is 0 Å². The van der Waals surface area contributed by atoms with Gasteiger partial charge in [-0.05, 0) is 32.5 Å². The fraction of sp³-hybridized carbons (Fsp3) is 0.500. The second-order valence-electron chi connectivity index (χ2n) is 2.48. The highest BCUT2D eigenvalue weighted by atomic mass is 16.3. The summed E-state index contributed by atoms with van der Waals surface area (Å²) in [5, 5.41) is 3.11. The summed E-state index contributed by atoms with van der Waals surface area (Å²) in [6, 6.07) is 2.29. The van der Waals surface area contributed by atoms with Gasteiger partial charge in [0.1, 0.15) is 5.76 Å². The fourth-order valence-electron chi connectivity index (χ4n) is 0.959. The van der Waals surface area contributed by atoms with Crippen LogP contribution in [0.15, 0.2) is 16.7 Å². The topological polar surface area (TPSA) is 25.2 Å². The van der Waals surface area contributed by atoms with Crippen molar-refractivity contribution < 1.29 is 4.42 Å². The summed E-state index contributed by atoms with van der Waals surface area (Å²) < 4.78 is 5.25. The van der Waals surface area contributed by atoms with Crippen LogP contribution in [-0.2, 0) is 0 Å². The maximum atomic E-state index is 5.25. The van der Waals surface area contributed by atoms with E-state index in [1.54, 1.807) is 6.26 Å². The molecule has 1 aromatic heterocycles.